The zero-order chi connectivity index (χ0) is 29.8. The van der Waals surface area contributed by atoms with Gasteiger partial charge in [-0.05, 0) is 68.7 Å². The van der Waals surface area contributed by atoms with Gasteiger partial charge in [-0.3, -0.25) is 14.6 Å². The molecule has 1 aliphatic heterocycles. The van der Waals surface area contributed by atoms with Gasteiger partial charge in [0.1, 0.15) is 5.75 Å². The van der Waals surface area contributed by atoms with E-state index in [1.165, 1.54) is 6.20 Å². The molecular weight excluding hydrogens is 577 g/mol. The number of carbonyl (C=O) groups excluding carboxylic acids is 2. The minimum absolute atomic E-state index is 0.151. The molecule has 2 aliphatic rings. The SMILES string of the molecule is COc1cc2c(cc1-c1cncc(C(N)=O)c1)-c1c(c(C(=O)N3CCOCC3(C)C)nn1-c1cc(Cl)cc(Cl)c1)CC2. The highest BCUT2D eigenvalue weighted by Crippen LogP contribution is 2.43. The van der Waals surface area contributed by atoms with Crippen molar-refractivity contribution in [3.63, 3.8) is 0 Å². The zero-order valence-corrected chi connectivity index (χ0v) is 24.9. The number of morpholine rings is 1. The van der Waals surface area contributed by atoms with Crippen LogP contribution >= 0.6 is 23.2 Å². The Morgan fingerprint density at radius 2 is 1.79 bits per heavy atom. The Labute approximate surface area is 253 Å². The van der Waals surface area contributed by atoms with Crippen molar-refractivity contribution < 1.29 is 19.1 Å². The molecule has 1 aliphatic carbocycles. The van der Waals surface area contributed by atoms with Gasteiger partial charge in [0.05, 0.1) is 42.8 Å². The van der Waals surface area contributed by atoms with Gasteiger partial charge in [-0.25, -0.2) is 4.68 Å². The van der Waals surface area contributed by atoms with Crippen LogP contribution in [-0.4, -0.2) is 63.9 Å². The molecule has 2 amide bonds. The number of hydrogen-bond donors (Lipinski definition) is 1. The number of benzene rings is 2. The summed E-state index contributed by atoms with van der Waals surface area (Å²) in [5.74, 6) is -0.0977. The number of aromatic nitrogens is 3. The van der Waals surface area contributed by atoms with Gasteiger partial charge in [-0.2, -0.15) is 5.10 Å². The summed E-state index contributed by atoms with van der Waals surface area (Å²) in [6, 6.07) is 10.9. The van der Waals surface area contributed by atoms with E-state index in [1.54, 1.807) is 42.3 Å². The third kappa shape index (κ3) is 4.91. The lowest BCUT2D eigenvalue weighted by Gasteiger charge is -2.41. The van der Waals surface area contributed by atoms with Crippen molar-refractivity contribution in [3.05, 3.63) is 81.2 Å². The topological polar surface area (TPSA) is 113 Å². The molecule has 42 heavy (non-hydrogen) atoms. The number of amides is 2. The first-order valence-electron chi connectivity index (χ1n) is 13.5. The smallest absolute Gasteiger partial charge is 0.275 e. The number of halogens is 2. The lowest BCUT2D eigenvalue weighted by molar-refractivity contribution is -0.0373. The molecule has 0 saturated carbocycles. The van der Waals surface area contributed by atoms with E-state index >= 15 is 0 Å². The number of ether oxygens (including phenoxy) is 2. The Balaban J connectivity index is 1.59. The minimum Gasteiger partial charge on any atom is -0.496 e. The summed E-state index contributed by atoms with van der Waals surface area (Å²) >= 11 is 12.8. The summed E-state index contributed by atoms with van der Waals surface area (Å²) in [5, 5.41) is 5.83. The molecule has 0 spiro atoms. The van der Waals surface area contributed by atoms with E-state index < -0.39 is 11.4 Å². The van der Waals surface area contributed by atoms with Crippen LogP contribution in [0.3, 0.4) is 0 Å². The van der Waals surface area contributed by atoms with E-state index in [9.17, 15) is 9.59 Å². The van der Waals surface area contributed by atoms with E-state index in [1.807, 2.05) is 30.9 Å². The third-order valence-corrected chi connectivity index (χ3v) is 8.26. The van der Waals surface area contributed by atoms with E-state index in [0.717, 1.165) is 27.9 Å². The number of methoxy groups -OCH3 is 1. The van der Waals surface area contributed by atoms with Crippen LogP contribution in [0.25, 0.3) is 28.1 Å². The Hall–Kier alpha value is -3.92. The summed E-state index contributed by atoms with van der Waals surface area (Å²) in [6.07, 6.45) is 4.36. The van der Waals surface area contributed by atoms with Gasteiger partial charge in [0.15, 0.2) is 5.69 Å². The van der Waals surface area contributed by atoms with E-state index in [0.29, 0.717) is 65.3 Å². The van der Waals surface area contributed by atoms with Crippen molar-refractivity contribution >= 4 is 35.0 Å². The minimum atomic E-state index is -0.575. The molecule has 11 heteroatoms. The summed E-state index contributed by atoms with van der Waals surface area (Å²) < 4.78 is 13.2. The molecule has 2 N–H and O–H groups in total. The molecule has 4 aromatic rings. The highest BCUT2D eigenvalue weighted by atomic mass is 35.5. The molecule has 0 bridgehead atoms. The quantitative estimate of drug-likeness (QED) is 0.327. The Morgan fingerprint density at radius 1 is 1.02 bits per heavy atom. The van der Waals surface area contributed by atoms with Gasteiger partial charge < -0.3 is 20.1 Å². The van der Waals surface area contributed by atoms with Crippen molar-refractivity contribution in [2.24, 2.45) is 5.73 Å². The van der Waals surface area contributed by atoms with E-state index in [-0.39, 0.29) is 11.5 Å². The number of rotatable bonds is 5. The highest BCUT2D eigenvalue weighted by molar-refractivity contribution is 6.34. The second kappa shape index (κ2) is 10.7. The Morgan fingerprint density at radius 3 is 2.48 bits per heavy atom. The van der Waals surface area contributed by atoms with E-state index in [2.05, 4.69) is 4.98 Å². The van der Waals surface area contributed by atoms with Crippen LogP contribution in [-0.2, 0) is 17.6 Å². The van der Waals surface area contributed by atoms with Crippen LogP contribution in [0.15, 0.2) is 48.8 Å². The Kier molecular flexibility index (Phi) is 7.21. The molecular formula is C31H29Cl2N5O4. The monoisotopic (exact) mass is 605 g/mol. The number of carbonyl (C=O) groups is 2. The summed E-state index contributed by atoms with van der Waals surface area (Å²) in [6.45, 7) is 5.36. The number of nitrogens with two attached hydrogens (primary N) is 1. The number of aryl methyl sites for hydroxylation is 1. The van der Waals surface area contributed by atoms with Crippen molar-refractivity contribution in [1.82, 2.24) is 19.7 Å². The van der Waals surface area contributed by atoms with Gasteiger partial charge in [-0.15, -0.1) is 0 Å². The molecule has 0 unspecified atom stereocenters. The number of primary amides is 1. The van der Waals surface area contributed by atoms with Gasteiger partial charge >= 0.3 is 0 Å². The maximum Gasteiger partial charge on any atom is 0.275 e. The lowest BCUT2D eigenvalue weighted by Crippen LogP contribution is -2.55. The normalized spacial score (nSPS) is 15.6. The molecule has 2 aromatic carbocycles. The molecule has 216 valence electrons. The van der Waals surface area contributed by atoms with Crippen LogP contribution in [0.1, 0.15) is 45.8 Å². The molecule has 2 aromatic heterocycles. The molecule has 0 atom stereocenters. The van der Waals surface area contributed by atoms with Crippen molar-refractivity contribution in [2.75, 3.05) is 26.9 Å². The molecule has 0 radical (unpaired) electrons. The molecule has 1 saturated heterocycles. The first-order valence-corrected chi connectivity index (χ1v) is 14.3. The second-order valence-corrected chi connectivity index (χ2v) is 11.9. The summed E-state index contributed by atoms with van der Waals surface area (Å²) in [4.78, 5) is 32.1. The van der Waals surface area contributed by atoms with Crippen LogP contribution in [0.4, 0.5) is 0 Å². The predicted molar refractivity (Wildman–Crippen MR) is 161 cm³/mol. The first kappa shape index (κ1) is 28.2. The van der Waals surface area contributed by atoms with Crippen molar-refractivity contribution in [3.8, 4) is 33.8 Å². The standard InChI is InChI=1S/C31H29Cl2N5O4/c1-31(2)16-42-7-6-37(31)30(40)27-23-5-4-17-9-26(41-3)24(18-8-19(29(34)39)15-35-14-18)13-25(17)28(23)38(36-27)22-11-20(32)10-21(33)12-22/h8-15H,4-7,16H2,1-3H3,(H2,34,39). The zero-order valence-electron chi connectivity index (χ0n) is 23.4. The first-order chi connectivity index (χ1) is 20.1. The summed E-state index contributed by atoms with van der Waals surface area (Å²) in [5.41, 5.74) is 11.3. The number of pyridine rings is 1. The fraction of sp³-hybridized carbons (Fsp3) is 0.290. The maximum absolute atomic E-state index is 14.1. The van der Waals surface area contributed by atoms with Gasteiger partial charge in [-0.1, -0.05) is 23.2 Å². The molecule has 6 rings (SSSR count). The van der Waals surface area contributed by atoms with Crippen LogP contribution in [0.2, 0.25) is 10.0 Å². The fourth-order valence-electron chi connectivity index (χ4n) is 5.77. The van der Waals surface area contributed by atoms with Crippen molar-refractivity contribution in [2.45, 2.75) is 32.2 Å². The largest absolute Gasteiger partial charge is 0.496 e. The number of fused-ring (bicyclic) bond motifs is 3. The number of hydrogen-bond acceptors (Lipinski definition) is 6. The van der Waals surface area contributed by atoms with Gasteiger partial charge in [0.2, 0.25) is 5.91 Å². The van der Waals surface area contributed by atoms with Crippen LogP contribution in [0, 0.1) is 0 Å². The Bertz CT molecular complexity index is 1730. The van der Waals surface area contributed by atoms with Gasteiger partial charge in [0.25, 0.3) is 5.91 Å². The third-order valence-electron chi connectivity index (χ3n) is 7.83. The van der Waals surface area contributed by atoms with Crippen LogP contribution < -0.4 is 10.5 Å². The average Bonchev–Trinajstić information content (AvgIpc) is 3.36. The highest BCUT2D eigenvalue weighted by Gasteiger charge is 2.39. The molecule has 1 fully saturated rings. The lowest BCUT2D eigenvalue weighted by atomic mass is 9.86. The molecule has 3 heterocycles. The van der Waals surface area contributed by atoms with E-state index in [4.69, 9.17) is 43.5 Å². The van der Waals surface area contributed by atoms with Crippen molar-refractivity contribution in [1.29, 1.82) is 0 Å². The second-order valence-electron chi connectivity index (χ2n) is 11.1. The van der Waals surface area contributed by atoms with Gasteiger partial charge in [0, 0.05) is 51.2 Å². The summed E-state index contributed by atoms with van der Waals surface area (Å²) in [7, 11) is 1.60. The molecule has 9 nitrogen and oxygen atoms in total. The number of nitrogens with zero attached hydrogens (tertiary/aromatic N) is 4. The fourth-order valence-corrected chi connectivity index (χ4v) is 6.29. The maximum atomic E-state index is 14.1. The average molecular weight is 607 g/mol. The van der Waals surface area contributed by atoms with Crippen LogP contribution in [0.5, 0.6) is 5.75 Å². The predicted octanol–water partition coefficient (Wildman–Crippen LogP) is 5.37.